The molecule has 2 aliphatic rings. The molecule has 0 bridgehead atoms. The molecule has 0 amide bonds. The first-order chi connectivity index (χ1) is 7.25. The molecule has 1 aliphatic carbocycles. The van der Waals surface area contributed by atoms with Gasteiger partial charge in [0.1, 0.15) is 0 Å². The van der Waals surface area contributed by atoms with Gasteiger partial charge in [-0.1, -0.05) is 12.8 Å². The molecule has 1 saturated carbocycles. The van der Waals surface area contributed by atoms with Gasteiger partial charge >= 0.3 is 0 Å². The van der Waals surface area contributed by atoms with E-state index in [0.29, 0.717) is 6.04 Å². The zero-order chi connectivity index (χ0) is 10.7. The van der Waals surface area contributed by atoms with Gasteiger partial charge in [0.2, 0.25) is 0 Å². The Morgan fingerprint density at radius 1 is 1.07 bits per heavy atom. The third kappa shape index (κ3) is 3.16. The fraction of sp³-hybridized carbons (Fsp3) is 1.00. The van der Waals surface area contributed by atoms with Crippen LogP contribution in [0.4, 0.5) is 0 Å². The van der Waals surface area contributed by atoms with Gasteiger partial charge < -0.3 is 4.90 Å². The van der Waals surface area contributed by atoms with Gasteiger partial charge in [0.15, 0.2) is 0 Å². The molecule has 0 radical (unpaired) electrons. The fourth-order valence-corrected chi connectivity index (χ4v) is 2.79. The third-order valence-corrected chi connectivity index (χ3v) is 4.00. The zero-order valence-corrected chi connectivity index (χ0v) is 10.2. The van der Waals surface area contributed by atoms with Crippen molar-refractivity contribution in [3.05, 3.63) is 0 Å². The quantitative estimate of drug-likeness (QED) is 0.759. The van der Waals surface area contributed by atoms with Crippen molar-refractivity contribution in [1.29, 1.82) is 0 Å². The maximum atomic E-state index is 3.69. The van der Waals surface area contributed by atoms with Crippen LogP contribution >= 0.6 is 0 Å². The van der Waals surface area contributed by atoms with Crippen molar-refractivity contribution in [3.63, 3.8) is 0 Å². The Kier molecular flexibility index (Phi) is 4.00. The summed E-state index contributed by atoms with van der Waals surface area (Å²) in [5.74, 6) is 0.921. The molecule has 0 spiro atoms. The first-order valence-electron chi connectivity index (χ1n) is 6.45. The average molecular weight is 211 g/mol. The summed E-state index contributed by atoms with van der Waals surface area (Å²) in [6.45, 7) is 7.10. The number of nitrogens with zero attached hydrogens (tertiary/aromatic N) is 2. The lowest BCUT2D eigenvalue weighted by molar-refractivity contribution is 0.0778. The van der Waals surface area contributed by atoms with Gasteiger partial charge in [0, 0.05) is 32.2 Å². The minimum atomic E-state index is 0.677. The second-order valence-electron chi connectivity index (χ2n) is 5.25. The van der Waals surface area contributed by atoms with Crippen LogP contribution in [-0.2, 0) is 0 Å². The Balaban J connectivity index is 1.71. The summed E-state index contributed by atoms with van der Waals surface area (Å²) in [5.41, 5.74) is 3.69. The fourth-order valence-electron chi connectivity index (χ4n) is 2.79. The monoisotopic (exact) mass is 211 g/mol. The topological polar surface area (TPSA) is 18.5 Å². The van der Waals surface area contributed by atoms with Crippen molar-refractivity contribution < 1.29 is 0 Å². The highest BCUT2D eigenvalue weighted by molar-refractivity contribution is 4.77. The van der Waals surface area contributed by atoms with E-state index in [9.17, 15) is 0 Å². The Morgan fingerprint density at radius 3 is 2.27 bits per heavy atom. The van der Waals surface area contributed by atoms with E-state index in [1.165, 1.54) is 51.9 Å². The summed E-state index contributed by atoms with van der Waals surface area (Å²) >= 11 is 0. The summed E-state index contributed by atoms with van der Waals surface area (Å²) in [7, 11) is 2.21. The van der Waals surface area contributed by atoms with E-state index < -0.39 is 0 Å². The smallest absolute Gasteiger partial charge is 0.0259 e. The molecule has 0 aromatic heterocycles. The molecular formula is C12H25N3. The zero-order valence-electron chi connectivity index (χ0n) is 10.2. The van der Waals surface area contributed by atoms with Gasteiger partial charge in [0.25, 0.3) is 0 Å². The summed E-state index contributed by atoms with van der Waals surface area (Å²) in [6.07, 6.45) is 5.75. The number of hydrogen-bond donors (Lipinski definition) is 1. The lowest BCUT2D eigenvalue weighted by atomic mass is 10.0. The van der Waals surface area contributed by atoms with Gasteiger partial charge in [-0.3, -0.25) is 5.43 Å². The molecule has 2 rings (SSSR count). The van der Waals surface area contributed by atoms with E-state index in [-0.39, 0.29) is 0 Å². The molecule has 88 valence electrons. The summed E-state index contributed by atoms with van der Waals surface area (Å²) in [4.78, 5) is 2.40. The molecule has 1 unspecified atom stereocenters. The van der Waals surface area contributed by atoms with E-state index in [2.05, 4.69) is 29.3 Å². The predicted molar refractivity (Wildman–Crippen MR) is 63.6 cm³/mol. The Labute approximate surface area is 93.8 Å². The van der Waals surface area contributed by atoms with Crippen LogP contribution < -0.4 is 5.43 Å². The molecule has 1 aliphatic heterocycles. The van der Waals surface area contributed by atoms with Crippen LogP contribution in [0.15, 0.2) is 0 Å². The molecule has 0 aromatic carbocycles. The number of likely N-dealkylation sites (N-methyl/N-ethyl adjacent to an activating group) is 1. The standard InChI is InChI=1S/C12H25N3/c1-11(12-5-3-4-6-12)13-15-9-7-14(2)8-10-15/h11-13H,3-10H2,1-2H3. The summed E-state index contributed by atoms with van der Waals surface area (Å²) < 4.78 is 0. The van der Waals surface area contributed by atoms with Gasteiger partial charge in [-0.2, -0.15) is 0 Å². The molecule has 1 heterocycles. The van der Waals surface area contributed by atoms with E-state index >= 15 is 0 Å². The van der Waals surface area contributed by atoms with E-state index in [4.69, 9.17) is 0 Å². The molecule has 1 atom stereocenters. The minimum Gasteiger partial charge on any atom is -0.304 e. The van der Waals surface area contributed by atoms with Crippen LogP contribution in [0.5, 0.6) is 0 Å². The number of piperazine rings is 1. The SMILES string of the molecule is CC(NN1CCN(C)CC1)C1CCCC1. The normalized spacial score (nSPS) is 28.4. The summed E-state index contributed by atoms with van der Waals surface area (Å²) in [6, 6.07) is 0.677. The first kappa shape index (κ1) is 11.4. The van der Waals surface area contributed by atoms with Crippen molar-refractivity contribution in [2.24, 2.45) is 5.92 Å². The van der Waals surface area contributed by atoms with Crippen LogP contribution in [0.1, 0.15) is 32.6 Å². The highest BCUT2D eigenvalue weighted by Gasteiger charge is 2.23. The largest absolute Gasteiger partial charge is 0.304 e. The van der Waals surface area contributed by atoms with E-state index in [1.807, 2.05) is 0 Å². The van der Waals surface area contributed by atoms with Gasteiger partial charge in [0.05, 0.1) is 0 Å². The second kappa shape index (κ2) is 5.28. The first-order valence-corrected chi connectivity index (χ1v) is 6.45. The molecule has 1 saturated heterocycles. The van der Waals surface area contributed by atoms with Crippen LogP contribution in [0.3, 0.4) is 0 Å². The van der Waals surface area contributed by atoms with Crippen LogP contribution in [0, 0.1) is 5.92 Å². The number of hydrazine groups is 1. The van der Waals surface area contributed by atoms with Crippen molar-refractivity contribution in [2.75, 3.05) is 33.2 Å². The molecule has 0 aromatic rings. The minimum absolute atomic E-state index is 0.677. The second-order valence-corrected chi connectivity index (χ2v) is 5.25. The van der Waals surface area contributed by atoms with Gasteiger partial charge in [-0.05, 0) is 32.7 Å². The highest BCUT2D eigenvalue weighted by Crippen LogP contribution is 2.27. The molecular weight excluding hydrogens is 186 g/mol. The molecule has 2 fully saturated rings. The van der Waals surface area contributed by atoms with Crippen molar-refractivity contribution in [1.82, 2.24) is 15.3 Å². The van der Waals surface area contributed by atoms with Crippen LogP contribution in [0.2, 0.25) is 0 Å². The third-order valence-electron chi connectivity index (χ3n) is 4.00. The van der Waals surface area contributed by atoms with E-state index in [1.54, 1.807) is 0 Å². The van der Waals surface area contributed by atoms with E-state index in [0.717, 1.165) is 5.92 Å². The maximum absolute atomic E-state index is 3.69. The van der Waals surface area contributed by atoms with Crippen molar-refractivity contribution in [3.8, 4) is 0 Å². The molecule has 3 heteroatoms. The van der Waals surface area contributed by atoms with Crippen molar-refractivity contribution in [2.45, 2.75) is 38.6 Å². The Morgan fingerprint density at radius 2 is 1.67 bits per heavy atom. The Bertz CT molecular complexity index is 181. The molecule has 3 nitrogen and oxygen atoms in total. The van der Waals surface area contributed by atoms with Gasteiger partial charge in [-0.15, -0.1) is 0 Å². The maximum Gasteiger partial charge on any atom is 0.0259 e. The van der Waals surface area contributed by atoms with Crippen LogP contribution in [-0.4, -0.2) is 49.2 Å². The summed E-state index contributed by atoms with van der Waals surface area (Å²) in [5, 5.41) is 2.42. The lowest BCUT2D eigenvalue weighted by Crippen LogP contribution is -2.54. The van der Waals surface area contributed by atoms with Crippen LogP contribution in [0.25, 0.3) is 0 Å². The number of nitrogens with one attached hydrogen (secondary N) is 1. The number of rotatable bonds is 3. The highest BCUT2D eigenvalue weighted by atomic mass is 15.5. The number of hydrogen-bond acceptors (Lipinski definition) is 3. The molecule has 15 heavy (non-hydrogen) atoms. The molecule has 1 N–H and O–H groups in total. The lowest BCUT2D eigenvalue weighted by Gasteiger charge is -2.36. The Hall–Kier alpha value is -0.120. The predicted octanol–water partition coefficient (Wildman–Crippen LogP) is 1.32. The van der Waals surface area contributed by atoms with Gasteiger partial charge in [-0.25, -0.2) is 5.01 Å². The average Bonchev–Trinajstić information content (AvgIpc) is 2.74. The van der Waals surface area contributed by atoms with Crippen molar-refractivity contribution >= 4 is 0 Å².